The molecule has 1 aromatic rings. The van der Waals surface area contributed by atoms with Crippen molar-refractivity contribution in [1.82, 2.24) is 10.6 Å². The Labute approximate surface area is 138 Å². The second-order valence-corrected chi connectivity index (χ2v) is 6.98. The molecule has 0 bridgehead atoms. The Morgan fingerprint density at radius 3 is 2.91 bits per heavy atom. The maximum absolute atomic E-state index is 12.1. The highest BCUT2D eigenvalue weighted by Gasteiger charge is 2.25. The monoisotopic (exact) mass is 320 g/mol. The van der Waals surface area contributed by atoms with Gasteiger partial charge in [0.2, 0.25) is 0 Å². The Hall–Kier alpha value is -1.75. The predicted octanol–water partition coefficient (Wildman–Crippen LogP) is 3.00. The van der Waals surface area contributed by atoms with E-state index in [-0.39, 0.29) is 18.6 Å². The van der Waals surface area contributed by atoms with Gasteiger partial charge in [0.05, 0.1) is 18.2 Å². The fourth-order valence-electron chi connectivity index (χ4n) is 2.66. The van der Waals surface area contributed by atoms with Crippen LogP contribution in [0.3, 0.4) is 0 Å². The Morgan fingerprint density at radius 1 is 1.43 bits per heavy atom. The number of carbonyl (C=O) groups is 1. The summed E-state index contributed by atoms with van der Waals surface area (Å²) in [6.07, 6.45) is 2.35. The van der Waals surface area contributed by atoms with E-state index in [0.717, 1.165) is 24.2 Å². The summed E-state index contributed by atoms with van der Waals surface area (Å²) in [5.74, 6) is 1.36. The first-order valence-electron chi connectivity index (χ1n) is 8.36. The van der Waals surface area contributed by atoms with Crippen molar-refractivity contribution in [2.75, 3.05) is 13.2 Å². The van der Waals surface area contributed by atoms with Crippen molar-refractivity contribution in [1.29, 1.82) is 0 Å². The van der Waals surface area contributed by atoms with Gasteiger partial charge < -0.3 is 20.5 Å². The summed E-state index contributed by atoms with van der Waals surface area (Å²) in [6.45, 7) is 6.85. The molecule has 2 atom stereocenters. The zero-order valence-electron chi connectivity index (χ0n) is 14.3. The van der Waals surface area contributed by atoms with Crippen molar-refractivity contribution in [2.45, 2.75) is 51.7 Å². The van der Waals surface area contributed by atoms with E-state index in [9.17, 15) is 9.90 Å². The van der Waals surface area contributed by atoms with Crippen LogP contribution < -0.4 is 15.4 Å². The number of hydrogen-bond donors (Lipinski definition) is 3. The number of urea groups is 1. The van der Waals surface area contributed by atoms with Crippen molar-refractivity contribution in [2.24, 2.45) is 5.92 Å². The minimum Gasteiger partial charge on any atom is -0.493 e. The molecule has 1 aromatic carbocycles. The highest BCUT2D eigenvalue weighted by atomic mass is 16.5. The fourth-order valence-corrected chi connectivity index (χ4v) is 2.66. The number of amides is 2. The lowest BCUT2D eigenvalue weighted by Crippen LogP contribution is -2.46. The van der Waals surface area contributed by atoms with E-state index in [1.54, 1.807) is 6.92 Å². The largest absolute Gasteiger partial charge is 0.493 e. The van der Waals surface area contributed by atoms with E-state index >= 15 is 0 Å². The van der Waals surface area contributed by atoms with Gasteiger partial charge in [-0.1, -0.05) is 32.0 Å². The Bertz CT molecular complexity index is 529. The highest BCUT2D eigenvalue weighted by molar-refractivity contribution is 5.74. The summed E-state index contributed by atoms with van der Waals surface area (Å²) in [4.78, 5) is 12.1. The number of benzene rings is 1. The van der Waals surface area contributed by atoms with Crippen molar-refractivity contribution >= 4 is 6.03 Å². The molecule has 0 fully saturated rings. The van der Waals surface area contributed by atoms with Gasteiger partial charge in [0.1, 0.15) is 5.75 Å². The maximum atomic E-state index is 12.1. The molecule has 0 aromatic heterocycles. The molecular formula is C18H28N2O3. The van der Waals surface area contributed by atoms with Gasteiger partial charge in [-0.3, -0.25) is 0 Å². The third-order valence-corrected chi connectivity index (χ3v) is 4.15. The first-order chi connectivity index (χ1) is 10.9. The highest BCUT2D eigenvalue weighted by Crippen LogP contribution is 2.31. The first-order valence-corrected chi connectivity index (χ1v) is 8.36. The van der Waals surface area contributed by atoms with Crippen LogP contribution in [0.1, 0.15) is 51.6 Å². The third-order valence-electron chi connectivity index (χ3n) is 4.15. The summed E-state index contributed by atoms with van der Waals surface area (Å²) in [5.41, 5.74) is 0.121. The molecule has 3 N–H and O–H groups in total. The average Bonchev–Trinajstić information content (AvgIpc) is 2.52. The van der Waals surface area contributed by atoms with Crippen molar-refractivity contribution < 1.29 is 14.6 Å². The Balaban J connectivity index is 1.84. The first kappa shape index (κ1) is 17.6. The quantitative estimate of drug-likeness (QED) is 0.754. The molecule has 128 valence electrons. The van der Waals surface area contributed by atoms with Crippen LogP contribution in [-0.4, -0.2) is 29.9 Å². The lowest BCUT2D eigenvalue weighted by Gasteiger charge is -2.28. The lowest BCUT2D eigenvalue weighted by molar-refractivity contribution is 0.0475. The van der Waals surface area contributed by atoms with Crippen LogP contribution in [0.15, 0.2) is 24.3 Å². The van der Waals surface area contributed by atoms with Crippen LogP contribution in [0.4, 0.5) is 4.79 Å². The van der Waals surface area contributed by atoms with Gasteiger partial charge in [-0.15, -0.1) is 0 Å². The van der Waals surface area contributed by atoms with E-state index in [4.69, 9.17) is 4.74 Å². The number of para-hydroxylation sites is 1. The van der Waals surface area contributed by atoms with Gasteiger partial charge in [0.25, 0.3) is 0 Å². The second kappa shape index (κ2) is 7.68. The predicted molar refractivity (Wildman–Crippen MR) is 90.5 cm³/mol. The molecule has 1 heterocycles. The number of hydrogen-bond acceptors (Lipinski definition) is 3. The lowest BCUT2D eigenvalue weighted by atomic mass is 9.95. The SMILES string of the molecule is CC(C)CCC(C)(O)CNC(=O)NC1CCOc2ccccc21. The van der Waals surface area contributed by atoms with Crippen molar-refractivity contribution in [3.63, 3.8) is 0 Å². The molecule has 0 saturated carbocycles. The maximum Gasteiger partial charge on any atom is 0.315 e. The van der Waals surface area contributed by atoms with Crippen LogP contribution in [0, 0.1) is 5.92 Å². The normalized spacial score (nSPS) is 19.4. The van der Waals surface area contributed by atoms with E-state index in [1.807, 2.05) is 24.3 Å². The summed E-state index contributed by atoms with van der Waals surface area (Å²) in [5, 5.41) is 16.1. The van der Waals surface area contributed by atoms with Gasteiger partial charge in [-0.2, -0.15) is 0 Å². The summed E-state index contributed by atoms with van der Waals surface area (Å²) >= 11 is 0. The Morgan fingerprint density at radius 2 is 2.17 bits per heavy atom. The van der Waals surface area contributed by atoms with E-state index < -0.39 is 5.60 Å². The number of nitrogens with one attached hydrogen (secondary N) is 2. The minimum absolute atomic E-state index is 0.0550. The van der Waals surface area contributed by atoms with Crippen LogP contribution in [0.5, 0.6) is 5.75 Å². The van der Waals surface area contributed by atoms with Crippen molar-refractivity contribution in [3.05, 3.63) is 29.8 Å². The minimum atomic E-state index is -0.880. The van der Waals surface area contributed by atoms with Gasteiger partial charge >= 0.3 is 6.03 Å². The molecule has 0 aliphatic carbocycles. The average molecular weight is 320 g/mol. The number of fused-ring (bicyclic) bond motifs is 1. The van der Waals surface area contributed by atoms with E-state index in [2.05, 4.69) is 24.5 Å². The van der Waals surface area contributed by atoms with Gasteiger partial charge in [0.15, 0.2) is 0 Å². The zero-order chi connectivity index (χ0) is 16.9. The fraction of sp³-hybridized carbons (Fsp3) is 0.611. The Kier molecular flexibility index (Phi) is 5.88. The topological polar surface area (TPSA) is 70.6 Å². The second-order valence-electron chi connectivity index (χ2n) is 6.98. The van der Waals surface area contributed by atoms with Crippen LogP contribution >= 0.6 is 0 Å². The molecule has 0 radical (unpaired) electrons. The summed E-state index contributed by atoms with van der Waals surface area (Å²) in [6, 6.07) is 7.44. The third kappa shape index (κ3) is 5.43. The smallest absolute Gasteiger partial charge is 0.315 e. The molecule has 1 aliphatic heterocycles. The molecule has 2 unspecified atom stereocenters. The molecule has 5 nitrogen and oxygen atoms in total. The van der Waals surface area contributed by atoms with E-state index in [0.29, 0.717) is 18.9 Å². The molecule has 23 heavy (non-hydrogen) atoms. The number of rotatable bonds is 6. The molecule has 0 spiro atoms. The molecule has 2 rings (SSSR count). The van der Waals surface area contributed by atoms with E-state index in [1.165, 1.54) is 0 Å². The zero-order valence-corrected chi connectivity index (χ0v) is 14.3. The van der Waals surface area contributed by atoms with Crippen molar-refractivity contribution in [3.8, 4) is 5.75 Å². The molecule has 2 amide bonds. The van der Waals surface area contributed by atoms with Crippen LogP contribution in [-0.2, 0) is 0 Å². The number of carbonyl (C=O) groups excluding carboxylic acids is 1. The molecule has 1 aliphatic rings. The standard InChI is InChI=1S/C18H28N2O3/c1-13(2)8-10-18(3,22)12-19-17(21)20-15-9-11-23-16-7-5-4-6-14(15)16/h4-7,13,15,22H,8-12H2,1-3H3,(H2,19,20,21). The molecule has 5 heteroatoms. The van der Waals surface area contributed by atoms with Crippen LogP contribution in [0.2, 0.25) is 0 Å². The van der Waals surface area contributed by atoms with Gasteiger partial charge in [0, 0.05) is 18.5 Å². The van der Waals surface area contributed by atoms with Gasteiger partial charge in [-0.05, 0) is 31.7 Å². The molecule has 0 saturated heterocycles. The summed E-state index contributed by atoms with van der Waals surface area (Å²) < 4.78 is 5.59. The molecular weight excluding hydrogens is 292 g/mol. The van der Waals surface area contributed by atoms with Crippen LogP contribution in [0.25, 0.3) is 0 Å². The van der Waals surface area contributed by atoms with Gasteiger partial charge in [-0.25, -0.2) is 4.79 Å². The number of aliphatic hydroxyl groups is 1. The number of ether oxygens (including phenoxy) is 1. The summed E-state index contributed by atoms with van der Waals surface area (Å²) in [7, 11) is 0.